The second-order valence-corrected chi connectivity index (χ2v) is 18.1. The highest BCUT2D eigenvalue weighted by Gasteiger charge is 2.19. The third kappa shape index (κ3) is 7.51. The van der Waals surface area contributed by atoms with Crippen molar-refractivity contribution in [1.29, 1.82) is 0 Å². The van der Waals surface area contributed by atoms with Crippen molar-refractivity contribution in [3.63, 3.8) is 0 Å². The van der Waals surface area contributed by atoms with Gasteiger partial charge in [-0.1, -0.05) is 108 Å². The van der Waals surface area contributed by atoms with Gasteiger partial charge in [0.2, 0.25) is 23.6 Å². The number of hydrogen-bond donors (Lipinski definition) is 0. The number of aromatic nitrogens is 5. The molecule has 0 fully saturated rings. The van der Waals surface area contributed by atoms with E-state index >= 15 is 0 Å². The minimum atomic E-state index is 0.0572. The zero-order valence-corrected chi connectivity index (χ0v) is 36.1. The van der Waals surface area contributed by atoms with E-state index in [0.717, 1.165) is 77.6 Å². The minimum absolute atomic E-state index is 0.0572. The first-order valence-corrected chi connectivity index (χ1v) is 21.2. The maximum absolute atomic E-state index is 6.24. The van der Waals surface area contributed by atoms with E-state index in [9.17, 15) is 0 Å². The molecule has 0 amide bonds. The number of fused-ring (bicyclic) bond motifs is 3. The second kappa shape index (κ2) is 15.3. The summed E-state index contributed by atoms with van der Waals surface area (Å²) in [5.41, 5.74) is 14.3. The lowest BCUT2D eigenvalue weighted by Gasteiger charge is -2.18. The average Bonchev–Trinajstić information content (AvgIpc) is 4.07. The Labute approximate surface area is 367 Å². The number of nitrogens with zero attached hydrogens (tertiary/aromatic N) is 5. The van der Waals surface area contributed by atoms with Gasteiger partial charge in [-0.15, -0.1) is 26.8 Å². The monoisotopic (exact) mass is 819 g/mol. The fourth-order valence-electron chi connectivity index (χ4n) is 8.17. The Bertz CT molecular complexity index is 3150. The molecule has 3 heterocycles. The molecule has 10 aromatic rings. The van der Waals surface area contributed by atoms with Gasteiger partial charge in [0.25, 0.3) is 0 Å². The standard InChI is InChI=1S/C56H45N5O2/c1-8-35-15-27-46(28-16-35)61-49-29-21-40(38-11-9-13-42(31-38)53-59-57-51(62-53)36-17-23-44(24-18-36)55(2,3)4)33-47(49)48-34-41(22-30-50(48)61)39-12-10-14-43(32-39)54-60-58-52(63-54)37-19-25-45(26-20-37)56(5,6)7/h1,9-34H,2-7H3. The molecule has 0 spiro atoms. The van der Waals surface area contributed by atoms with Crippen LogP contribution >= 0.6 is 0 Å². The van der Waals surface area contributed by atoms with Crippen molar-refractivity contribution in [2.75, 3.05) is 0 Å². The Hall–Kier alpha value is -7.82. The van der Waals surface area contributed by atoms with Crippen molar-refractivity contribution in [1.82, 2.24) is 25.0 Å². The van der Waals surface area contributed by atoms with E-state index in [-0.39, 0.29) is 10.8 Å². The molecule has 0 atom stereocenters. The predicted octanol–water partition coefficient (Wildman–Crippen LogP) is 14.1. The maximum Gasteiger partial charge on any atom is 0.248 e. The Morgan fingerprint density at radius 2 is 0.778 bits per heavy atom. The van der Waals surface area contributed by atoms with E-state index in [1.807, 2.05) is 60.7 Å². The quantitative estimate of drug-likeness (QED) is 0.149. The molecule has 0 bridgehead atoms. The lowest BCUT2D eigenvalue weighted by atomic mass is 9.87. The van der Waals surface area contributed by atoms with Crippen LogP contribution < -0.4 is 0 Å². The molecule has 10 rings (SSSR count). The van der Waals surface area contributed by atoms with Gasteiger partial charge in [-0.25, -0.2) is 0 Å². The zero-order chi connectivity index (χ0) is 43.5. The second-order valence-electron chi connectivity index (χ2n) is 18.1. The van der Waals surface area contributed by atoms with Gasteiger partial charge in [-0.3, -0.25) is 0 Å². The Kier molecular flexibility index (Phi) is 9.53. The number of benzene rings is 7. The Balaban J connectivity index is 1.02. The Morgan fingerprint density at radius 1 is 0.413 bits per heavy atom. The van der Waals surface area contributed by atoms with Crippen LogP contribution in [0.2, 0.25) is 0 Å². The predicted molar refractivity (Wildman–Crippen MR) is 254 cm³/mol. The van der Waals surface area contributed by atoms with Crippen molar-refractivity contribution in [3.05, 3.63) is 174 Å². The van der Waals surface area contributed by atoms with E-state index in [1.54, 1.807) is 0 Å². The van der Waals surface area contributed by atoms with Gasteiger partial charge >= 0.3 is 0 Å². The SMILES string of the molecule is C#Cc1ccc(-n2c3ccc(-c4cccc(-c5nnc(-c6ccc(C(C)(C)C)cc6)o5)c4)cc3c3cc(-c4cccc(-c5nnc(-c6ccc(C(C)(C)C)cc6)o5)c4)ccc32)cc1. The van der Waals surface area contributed by atoms with Crippen molar-refractivity contribution in [2.24, 2.45) is 0 Å². The van der Waals surface area contributed by atoms with Gasteiger partial charge < -0.3 is 13.4 Å². The lowest BCUT2D eigenvalue weighted by Crippen LogP contribution is -2.10. The molecule has 0 saturated heterocycles. The highest BCUT2D eigenvalue weighted by atomic mass is 16.4. The van der Waals surface area contributed by atoms with Gasteiger partial charge in [0.05, 0.1) is 11.0 Å². The smallest absolute Gasteiger partial charge is 0.248 e. The summed E-state index contributed by atoms with van der Waals surface area (Å²) >= 11 is 0. The van der Waals surface area contributed by atoms with Crippen LogP contribution in [0, 0.1) is 12.3 Å². The van der Waals surface area contributed by atoms with Crippen LogP contribution in [0.3, 0.4) is 0 Å². The number of terminal acetylenes is 1. The summed E-state index contributed by atoms with van der Waals surface area (Å²) in [6.45, 7) is 13.2. The summed E-state index contributed by atoms with van der Waals surface area (Å²) in [7, 11) is 0. The summed E-state index contributed by atoms with van der Waals surface area (Å²) in [6.07, 6.45) is 5.75. The van der Waals surface area contributed by atoms with E-state index in [4.69, 9.17) is 15.3 Å². The van der Waals surface area contributed by atoms with Crippen LogP contribution in [0.1, 0.15) is 58.2 Å². The topological polar surface area (TPSA) is 82.8 Å². The molecule has 0 saturated carbocycles. The fourth-order valence-corrected chi connectivity index (χ4v) is 8.17. The van der Waals surface area contributed by atoms with Crippen LogP contribution in [0.4, 0.5) is 0 Å². The number of hydrogen-bond acceptors (Lipinski definition) is 6. The van der Waals surface area contributed by atoms with Crippen LogP contribution in [0.5, 0.6) is 0 Å². The number of rotatable bonds is 7. The van der Waals surface area contributed by atoms with E-state index in [1.165, 1.54) is 11.1 Å². The van der Waals surface area contributed by atoms with Gasteiger partial charge in [0.15, 0.2) is 0 Å². The first kappa shape index (κ1) is 39.3. The van der Waals surface area contributed by atoms with Crippen LogP contribution in [-0.4, -0.2) is 25.0 Å². The first-order valence-electron chi connectivity index (χ1n) is 21.2. The molecule has 0 aliphatic rings. The lowest BCUT2D eigenvalue weighted by molar-refractivity contribution is 0.582. The largest absolute Gasteiger partial charge is 0.416 e. The minimum Gasteiger partial charge on any atom is -0.416 e. The van der Waals surface area contributed by atoms with Gasteiger partial charge in [0.1, 0.15) is 0 Å². The molecule has 0 N–H and O–H groups in total. The van der Waals surface area contributed by atoms with Crippen LogP contribution in [0.25, 0.3) is 95.6 Å². The van der Waals surface area contributed by atoms with Gasteiger partial charge in [-0.2, -0.15) is 0 Å². The molecule has 7 heteroatoms. The van der Waals surface area contributed by atoms with E-state index in [2.05, 4.69) is 169 Å². The van der Waals surface area contributed by atoms with E-state index in [0.29, 0.717) is 23.6 Å². The summed E-state index contributed by atoms with van der Waals surface area (Å²) in [4.78, 5) is 0. The Morgan fingerprint density at radius 3 is 1.17 bits per heavy atom. The third-order valence-electron chi connectivity index (χ3n) is 11.8. The van der Waals surface area contributed by atoms with E-state index < -0.39 is 0 Å². The summed E-state index contributed by atoms with van der Waals surface area (Å²) < 4.78 is 14.8. The molecule has 0 aliphatic heterocycles. The van der Waals surface area contributed by atoms with Crippen molar-refractivity contribution >= 4 is 21.8 Å². The molecule has 63 heavy (non-hydrogen) atoms. The van der Waals surface area contributed by atoms with Gasteiger partial charge in [0, 0.05) is 44.3 Å². The van der Waals surface area contributed by atoms with Crippen molar-refractivity contribution < 1.29 is 8.83 Å². The molecule has 7 nitrogen and oxygen atoms in total. The molecule has 7 aromatic carbocycles. The third-order valence-corrected chi connectivity index (χ3v) is 11.8. The maximum atomic E-state index is 6.24. The first-order chi connectivity index (χ1) is 30.4. The highest BCUT2D eigenvalue weighted by molar-refractivity contribution is 6.11. The van der Waals surface area contributed by atoms with Gasteiger partial charge in [-0.05, 0) is 141 Å². The fraction of sp³-hybridized carbons (Fsp3) is 0.143. The summed E-state index contributed by atoms with van der Waals surface area (Å²) in [5.74, 6) is 4.67. The molecule has 306 valence electrons. The molecule has 0 radical (unpaired) electrons. The zero-order valence-electron chi connectivity index (χ0n) is 36.1. The molecule has 3 aromatic heterocycles. The molecular weight excluding hydrogens is 775 g/mol. The molecular formula is C56H45N5O2. The van der Waals surface area contributed by atoms with Crippen molar-refractivity contribution in [2.45, 2.75) is 52.4 Å². The summed E-state index contributed by atoms with van der Waals surface area (Å²) in [6, 6.07) is 54.6. The normalized spacial score (nSPS) is 12.0. The van der Waals surface area contributed by atoms with Crippen LogP contribution in [-0.2, 0) is 10.8 Å². The summed E-state index contributed by atoms with van der Waals surface area (Å²) in [5, 5.41) is 20.0. The van der Waals surface area contributed by atoms with Crippen LogP contribution in [0.15, 0.2) is 167 Å². The molecule has 0 unspecified atom stereocenters. The van der Waals surface area contributed by atoms with Crippen molar-refractivity contribution in [3.8, 4) is 86.1 Å². The molecule has 0 aliphatic carbocycles. The highest BCUT2D eigenvalue weighted by Crippen LogP contribution is 2.39. The average molecular weight is 820 g/mol.